The second-order valence-corrected chi connectivity index (χ2v) is 18.0. The minimum atomic E-state index is 0.853. The number of hydrogen-bond donors (Lipinski definition) is 1. The van der Waals surface area contributed by atoms with Crippen LogP contribution in [0.15, 0.2) is 241 Å². The van der Waals surface area contributed by atoms with Gasteiger partial charge in [-0.2, -0.15) is 0 Å². The van der Waals surface area contributed by atoms with Crippen LogP contribution in [0.4, 0.5) is 17.1 Å². The number of furan rings is 1. The SMILES string of the molecule is [B]1c2ccc(-c3ccccc3)cc2N(c2cccc(-c3ccccc3)c2)c2c1c(-c1cc(-c3ccccc3)cc3c1[nH]c1ccc(-c4ccccc4)cc13)cc1c2oc2cc3ccccc3cc21. The summed E-state index contributed by atoms with van der Waals surface area (Å²) in [5, 5.41) is 6.86. The van der Waals surface area contributed by atoms with Gasteiger partial charge in [0, 0.05) is 44.0 Å². The summed E-state index contributed by atoms with van der Waals surface area (Å²) in [4.78, 5) is 6.44. The number of nitrogens with zero attached hydrogens (tertiary/aromatic N) is 1. The maximum absolute atomic E-state index is 7.26. The quantitative estimate of drug-likeness (QED) is 0.169. The Balaban J connectivity index is 1.11. The zero-order chi connectivity index (χ0) is 44.7. The second-order valence-electron chi connectivity index (χ2n) is 18.0. The maximum atomic E-state index is 7.26. The van der Waals surface area contributed by atoms with Gasteiger partial charge in [-0.25, -0.2) is 0 Å². The monoisotopic (exact) mass is 863 g/mol. The Labute approximate surface area is 394 Å². The van der Waals surface area contributed by atoms with Crippen LogP contribution >= 0.6 is 0 Å². The van der Waals surface area contributed by atoms with Crippen LogP contribution in [0.1, 0.15) is 0 Å². The number of nitrogens with one attached hydrogen (secondary N) is 1. The smallest absolute Gasteiger partial charge is 0.198 e. The van der Waals surface area contributed by atoms with Crippen molar-refractivity contribution in [1.82, 2.24) is 4.98 Å². The molecule has 1 aliphatic rings. The van der Waals surface area contributed by atoms with Crippen LogP contribution in [-0.4, -0.2) is 12.3 Å². The first-order valence-electron chi connectivity index (χ1n) is 23.3. The van der Waals surface area contributed by atoms with E-state index >= 15 is 0 Å². The van der Waals surface area contributed by atoms with E-state index in [2.05, 4.69) is 254 Å². The fraction of sp³-hybridized carbons (Fsp3) is 0. The summed E-state index contributed by atoms with van der Waals surface area (Å²) in [5.41, 5.74) is 20.9. The lowest BCUT2D eigenvalue weighted by atomic mass is 9.57. The average Bonchev–Trinajstić information content (AvgIpc) is 3.97. The van der Waals surface area contributed by atoms with Gasteiger partial charge in [0.15, 0.2) is 12.9 Å². The van der Waals surface area contributed by atoms with Gasteiger partial charge >= 0.3 is 0 Å². The first-order valence-corrected chi connectivity index (χ1v) is 23.3. The minimum absolute atomic E-state index is 0.853. The Hall–Kier alpha value is -8.86. The molecular weight excluding hydrogens is 824 g/mol. The highest BCUT2D eigenvalue weighted by Gasteiger charge is 2.33. The summed E-state index contributed by atoms with van der Waals surface area (Å²) in [7, 11) is 2.40. The van der Waals surface area contributed by atoms with Crippen LogP contribution < -0.4 is 15.8 Å². The molecule has 3 heterocycles. The third-order valence-electron chi connectivity index (χ3n) is 14.0. The van der Waals surface area contributed by atoms with Crippen LogP contribution in [0.3, 0.4) is 0 Å². The molecule has 0 atom stereocenters. The summed E-state index contributed by atoms with van der Waals surface area (Å²) in [6, 6.07) is 85.8. The Morgan fingerprint density at radius 2 is 0.956 bits per heavy atom. The van der Waals surface area contributed by atoms with E-state index in [1.54, 1.807) is 0 Å². The van der Waals surface area contributed by atoms with Crippen LogP contribution in [0.25, 0.3) is 110 Å². The molecule has 13 aromatic rings. The maximum Gasteiger partial charge on any atom is 0.198 e. The van der Waals surface area contributed by atoms with Gasteiger partial charge in [0.2, 0.25) is 0 Å². The van der Waals surface area contributed by atoms with Crippen molar-refractivity contribution < 1.29 is 4.42 Å². The first kappa shape index (κ1) is 38.4. The van der Waals surface area contributed by atoms with Crippen LogP contribution in [-0.2, 0) is 0 Å². The number of H-pyrrole nitrogens is 1. The molecule has 0 bridgehead atoms. The zero-order valence-electron chi connectivity index (χ0n) is 36.9. The lowest BCUT2D eigenvalue weighted by Gasteiger charge is -2.35. The molecule has 0 fully saturated rings. The Morgan fingerprint density at radius 1 is 0.382 bits per heavy atom. The predicted molar refractivity (Wildman–Crippen MR) is 287 cm³/mol. The zero-order valence-corrected chi connectivity index (χ0v) is 36.9. The number of aromatic nitrogens is 1. The number of hydrogen-bond acceptors (Lipinski definition) is 2. The van der Waals surface area contributed by atoms with E-state index in [1.807, 2.05) is 0 Å². The molecule has 0 amide bonds. The van der Waals surface area contributed by atoms with E-state index in [0.717, 1.165) is 94.2 Å². The van der Waals surface area contributed by atoms with E-state index in [0.29, 0.717) is 0 Å². The Bertz CT molecular complexity index is 4100. The average molecular weight is 864 g/mol. The number of rotatable bonds is 6. The molecule has 1 aliphatic heterocycles. The van der Waals surface area contributed by atoms with Gasteiger partial charge in [-0.1, -0.05) is 181 Å². The largest absolute Gasteiger partial charge is 0.454 e. The van der Waals surface area contributed by atoms with Gasteiger partial charge in [-0.3, -0.25) is 0 Å². The van der Waals surface area contributed by atoms with Crippen LogP contribution in [0.5, 0.6) is 0 Å². The fourth-order valence-corrected chi connectivity index (χ4v) is 10.7. The van der Waals surface area contributed by atoms with Gasteiger partial charge in [0.1, 0.15) is 5.58 Å². The lowest BCUT2D eigenvalue weighted by molar-refractivity contribution is 0.670. The molecule has 0 unspecified atom stereocenters. The van der Waals surface area contributed by atoms with Gasteiger partial charge < -0.3 is 14.3 Å². The van der Waals surface area contributed by atoms with Crippen molar-refractivity contribution >= 4 is 89.8 Å². The molecule has 1 N–H and O–H groups in total. The topological polar surface area (TPSA) is 32.2 Å². The minimum Gasteiger partial charge on any atom is -0.454 e. The molecule has 2 aromatic heterocycles. The molecule has 315 valence electrons. The van der Waals surface area contributed by atoms with Crippen molar-refractivity contribution in [2.45, 2.75) is 0 Å². The van der Waals surface area contributed by atoms with Crippen molar-refractivity contribution in [2.75, 3.05) is 4.90 Å². The number of benzene rings is 11. The van der Waals surface area contributed by atoms with E-state index in [9.17, 15) is 0 Å². The molecule has 68 heavy (non-hydrogen) atoms. The van der Waals surface area contributed by atoms with Gasteiger partial charge in [-0.15, -0.1) is 0 Å². The second kappa shape index (κ2) is 15.4. The predicted octanol–water partition coefficient (Wildman–Crippen LogP) is 16.1. The molecule has 14 rings (SSSR count). The van der Waals surface area contributed by atoms with Crippen molar-refractivity contribution in [2.24, 2.45) is 0 Å². The lowest BCUT2D eigenvalue weighted by Crippen LogP contribution is -2.41. The summed E-state index contributed by atoms with van der Waals surface area (Å²) in [6.45, 7) is 0. The third-order valence-corrected chi connectivity index (χ3v) is 14.0. The van der Waals surface area contributed by atoms with E-state index in [-0.39, 0.29) is 0 Å². The number of anilines is 3. The molecule has 11 aromatic carbocycles. The summed E-state index contributed by atoms with van der Waals surface area (Å²) >= 11 is 0. The molecule has 0 saturated carbocycles. The van der Waals surface area contributed by atoms with Crippen molar-refractivity contribution in [1.29, 1.82) is 0 Å². The first-order chi connectivity index (χ1) is 33.7. The highest BCUT2D eigenvalue weighted by Crippen LogP contribution is 2.48. The molecule has 4 heteroatoms. The summed E-state index contributed by atoms with van der Waals surface area (Å²) in [6.07, 6.45) is 0. The fourth-order valence-electron chi connectivity index (χ4n) is 10.7. The number of fused-ring (bicyclic) bond motifs is 10. The third kappa shape index (κ3) is 6.22. The Kier molecular flexibility index (Phi) is 8.68. The molecule has 0 saturated heterocycles. The highest BCUT2D eigenvalue weighted by atomic mass is 16.3. The van der Waals surface area contributed by atoms with E-state index in [4.69, 9.17) is 4.42 Å². The Morgan fingerprint density at radius 3 is 1.65 bits per heavy atom. The standard InChI is InChI=1S/C64H40BN2O/c1-5-16-40(17-6-1)44-26-15-27-50(32-44)67-59-37-48(42-20-9-3-10-21-42)28-30-57(59)65-61-53(39-56-52-34-45-24-13-14-25-46(45)38-60(52)68-64(56)63(61)67)55-36-49(43-22-11-4-12-23-43)35-54-51-33-47(41-18-7-2-8-19-41)29-31-58(51)66-62(54)55/h1-39,66H. The van der Waals surface area contributed by atoms with Gasteiger partial charge in [0.25, 0.3) is 0 Å². The molecule has 3 nitrogen and oxygen atoms in total. The molecule has 0 aliphatic carbocycles. The molecule has 0 spiro atoms. The van der Waals surface area contributed by atoms with Crippen molar-refractivity contribution in [3.8, 4) is 55.6 Å². The van der Waals surface area contributed by atoms with Crippen molar-refractivity contribution in [3.05, 3.63) is 237 Å². The van der Waals surface area contributed by atoms with Gasteiger partial charge in [0.05, 0.1) is 11.2 Å². The number of aromatic amines is 1. The molecule has 1 radical (unpaired) electrons. The molecular formula is C64H40BN2O. The van der Waals surface area contributed by atoms with Crippen LogP contribution in [0, 0.1) is 0 Å². The highest BCUT2D eigenvalue weighted by molar-refractivity contribution is 6.74. The van der Waals surface area contributed by atoms with E-state index in [1.165, 1.54) is 44.0 Å². The van der Waals surface area contributed by atoms with Crippen molar-refractivity contribution in [3.63, 3.8) is 0 Å². The summed E-state index contributed by atoms with van der Waals surface area (Å²) in [5.74, 6) is 0. The van der Waals surface area contributed by atoms with E-state index < -0.39 is 0 Å². The van der Waals surface area contributed by atoms with Gasteiger partial charge in [-0.05, 0) is 127 Å². The summed E-state index contributed by atoms with van der Waals surface area (Å²) < 4.78 is 7.26. The van der Waals surface area contributed by atoms with Crippen LogP contribution in [0.2, 0.25) is 0 Å². The normalized spacial score (nSPS) is 12.2.